The van der Waals surface area contributed by atoms with Crippen molar-refractivity contribution >= 4 is 28.3 Å². The number of carbonyl (C=O) groups is 2. The van der Waals surface area contributed by atoms with Gasteiger partial charge in [0.25, 0.3) is 0 Å². The number of hydrogen-bond donors (Lipinski definition) is 1. The molecule has 0 bridgehead atoms. The van der Waals surface area contributed by atoms with E-state index in [0.29, 0.717) is 17.0 Å². The lowest BCUT2D eigenvalue weighted by atomic mass is 10.1. The van der Waals surface area contributed by atoms with E-state index in [1.54, 1.807) is 6.92 Å². The predicted molar refractivity (Wildman–Crippen MR) is 65.4 cm³/mol. The maximum atomic E-state index is 11.7. The molecule has 0 amide bonds. The van der Waals surface area contributed by atoms with Gasteiger partial charge in [-0.3, -0.25) is 0 Å². The van der Waals surface area contributed by atoms with Crippen molar-refractivity contribution in [2.75, 3.05) is 19.5 Å². The van der Waals surface area contributed by atoms with Gasteiger partial charge in [-0.15, -0.1) is 11.3 Å². The van der Waals surface area contributed by atoms with Gasteiger partial charge in [-0.05, 0) is 18.9 Å². The fourth-order valence-electron chi connectivity index (χ4n) is 1.35. The van der Waals surface area contributed by atoms with Crippen LogP contribution in [0.4, 0.5) is 5.00 Å². The molecular weight excluding hydrogens is 242 g/mol. The van der Waals surface area contributed by atoms with E-state index in [9.17, 15) is 9.59 Å². The van der Waals surface area contributed by atoms with Crippen molar-refractivity contribution in [1.29, 1.82) is 0 Å². The van der Waals surface area contributed by atoms with Gasteiger partial charge in [0.1, 0.15) is 9.88 Å². The first kappa shape index (κ1) is 13.5. The average Bonchev–Trinajstić information content (AvgIpc) is 2.61. The Kier molecular flexibility index (Phi) is 4.51. The van der Waals surface area contributed by atoms with E-state index in [-0.39, 0.29) is 10.6 Å². The quantitative estimate of drug-likeness (QED) is 0.834. The van der Waals surface area contributed by atoms with Crippen molar-refractivity contribution in [3.05, 3.63) is 16.0 Å². The summed E-state index contributed by atoms with van der Waals surface area (Å²) in [5.74, 6) is -0.984. The summed E-state index contributed by atoms with van der Waals surface area (Å²) >= 11 is 1.05. The molecule has 0 unspecified atom stereocenters. The lowest BCUT2D eigenvalue weighted by Crippen LogP contribution is -2.08. The first-order valence-electron chi connectivity index (χ1n) is 5.17. The molecule has 6 heteroatoms. The maximum absolute atomic E-state index is 11.7. The summed E-state index contributed by atoms with van der Waals surface area (Å²) in [7, 11) is 1.27. The first-order chi connectivity index (χ1) is 8.02. The Balaban J connectivity index is 3.04. The minimum absolute atomic E-state index is 0.251. The van der Waals surface area contributed by atoms with Crippen LogP contribution in [0.1, 0.15) is 38.9 Å². The Labute approximate surface area is 104 Å². The lowest BCUT2D eigenvalue weighted by molar-refractivity contribution is 0.0510. The van der Waals surface area contributed by atoms with Gasteiger partial charge in [-0.25, -0.2) is 9.59 Å². The molecule has 0 fully saturated rings. The highest BCUT2D eigenvalue weighted by Gasteiger charge is 2.24. The summed E-state index contributed by atoms with van der Waals surface area (Å²) in [6.07, 6.45) is 0.746. The molecule has 0 spiro atoms. The molecule has 0 aliphatic rings. The molecule has 1 rings (SSSR count). The highest BCUT2D eigenvalue weighted by molar-refractivity contribution is 7.18. The number of rotatable bonds is 4. The summed E-state index contributed by atoms with van der Waals surface area (Å²) < 4.78 is 9.61. The highest BCUT2D eigenvalue weighted by atomic mass is 32.1. The fourth-order valence-corrected chi connectivity index (χ4v) is 2.30. The summed E-state index contributed by atoms with van der Waals surface area (Å²) in [4.78, 5) is 23.5. The van der Waals surface area contributed by atoms with Crippen LogP contribution in [0.2, 0.25) is 0 Å². The van der Waals surface area contributed by atoms with Crippen LogP contribution in [-0.2, 0) is 9.47 Å². The third kappa shape index (κ3) is 2.76. The molecule has 0 aliphatic heterocycles. The van der Waals surface area contributed by atoms with Crippen molar-refractivity contribution < 1.29 is 19.1 Å². The third-order valence-corrected chi connectivity index (χ3v) is 3.29. The molecule has 0 radical (unpaired) electrons. The van der Waals surface area contributed by atoms with Crippen LogP contribution in [0.15, 0.2) is 0 Å². The number of thiophene rings is 1. The molecule has 0 atom stereocenters. The minimum Gasteiger partial charge on any atom is -0.465 e. The van der Waals surface area contributed by atoms with Gasteiger partial charge in [0.15, 0.2) is 0 Å². The largest absolute Gasteiger partial charge is 0.465 e. The number of ether oxygens (including phenoxy) is 2. The molecular formula is C11H15NO4S. The van der Waals surface area contributed by atoms with Gasteiger partial charge < -0.3 is 15.2 Å². The van der Waals surface area contributed by atoms with Crippen LogP contribution >= 0.6 is 11.3 Å². The Morgan fingerprint density at radius 1 is 1.35 bits per heavy atom. The smallest absolute Gasteiger partial charge is 0.348 e. The Bertz CT molecular complexity index is 439. The van der Waals surface area contributed by atoms with Crippen LogP contribution in [0, 0.1) is 6.92 Å². The van der Waals surface area contributed by atoms with Crippen molar-refractivity contribution in [3.63, 3.8) is 0 Å². The molecule has 0 saturated carbocycles. The van der Waals surface area contributed by atoms with Crippen LogP contribution < -0.4 is 5.73 Å². The topological polar surface area (TPSA) is 78.6 Å². The zero-order valence-electron chi connectivity index (χ0n) is 10.0. The first-order valence-corrected chi connectivity index (χ1v) is 5.98. The van der Waals surface area contributed by atoms with E-state index in [1.165, 1.54) is 7.11 Å². The molecule has 0 aromatic carbocycles. The summed E-state index contributed by atoms with van der Waals surface area (Å²) in [5, 5.41) is 0.276. The maximum Gasteiger partial charge on any atom is 0.348 e. The number of hydrogen-bond acceptors (Lipinski definition) is 6. The zero-order chi connectivity index (χ0) is 13.0. The van der Waals surface area contributed by atoms with Crippen LogP contribution in [0.25, 0.3) is 0 Å². The fraction of sp³-hybridized carbons (Fsp3) is 0.455. The summed E-state index contributed by atoms with van der Waals surface area (Å²) in [5.41, 5.74) is 6.46. The number of nitrogen functional groups attached to an aromatic ring is 1. The summed E-state index contributed by atoms with van der Waals surface area (Å²) in [6.45, 7) is 3.91. The molecule has 94 valence electrons. The molecule has 1 aromatic heterocycles. The molecule has 1 aromatic rings. The van der Waals surface area contributed by atoms with Crippen molar-refractivity contribution in [2.45, 2.75) is 20.3 Å². The minimum atomic E-state index is -0.536. The number of carbonyl (C=O) groups excluding carboxylic acids is 2. The molecule has 0 aliphatic carbocycles. The van der Waals surface area contributed by atoms with E-state index in [4.69, 9.17) is 10.5 Å². The molecule has 0 saturated heterocycles. The van der Waals surface area contributed by atoms with Gasteiger partial charge in [-0.2, -0.15) is 0 Å². The molecule has 17 heavy (non-hydrogen) atoms. The highest BCUT2D eigenvalue weighted by Crippen LogP contribution is 2.31. The van der Waals surface area contributed by atoms with E-state index < -0.39 is 11.9 Å². The van der Waals surface area contributed by atoms with Crippen LogP contribution in [0.5, 0.6) is 0 Å². The zero-order valence-corrected chi connectivity index (χ0v) is 10.8. The van der Waals surface area contributed by atoms with Gasteiger partial charge in [-0.1, -0.05) is 6.92 Å². The van der Waals surface area contributed by atoms with E-state index >= 15 is 0 Å². The third-order valence-electron chi connectivity index (χ3n) is 2.19. The second-order valence-electron chi connectivity index (χ2n) is 3.42. The normalized spacial score (nSPS) is 10.1. The van der Waals surface area contributed by atoms with Gasteiger partial charge >= 0.3 is 11.9 Å². The van der Waals surface area contributed by atoms with Crippen LogP contribution in [-0.4, -0.2) is 25.7 Å². The average molecular weight is 257 g/mol. The van der Waals surface area contributed by atoms with E-state index in [0.717, 1.165) is 17.8 Å². The Morgan fingerprint density at radius 3 is 2.53 bits per heavy atom. The second-order valence-corrected chi connectivity index (χ2v) is 4.48. The summed E-state index contributed by atoms with van der Waals surface area (Å²) in [6, 6.07) is 0. The number of methoxy groups -OCH3 is 1. The SMILES string of the molecule is CCCOC(=O)c1sc(N)c(C(=O)OC)c1C. The lowest BCUT2D eigenvalue weighted by Gasteiger charge is -2.02. The van der Waals surface area contributed by atoms with Gasteiger partial charge in [0, 0.05) is 0 Å². The van der Waals surface area contributed by atoms with E-state index in [2.05, 4.69) is 4.74 Å². The molecule has 1 heterocycles. The van der Waals surface area contributed by atoms with Gasteiger partial charge in [0.2, 0.25) is 0 Å². The van der Waals surface area contributed by atoms with Gasteiger partial charge in [0.05, 0.1) is 19.3 Å². The standard InChI is InChI=1S/C11H15NO4S/c1-4-5-16-11(14)8-6(2)7(9(12)17-8)10(13)15-3/h4-5,12H2,1-3H3. The van der Waals surface area contributed by atoms with Crippen molar-refractivity contribution in [2.24, 2.45) is 0 Å². The molecule has 2 N–H and O–H groups in total. The van der Waals surface area contributed by atoms with Crippen molar-refractivity contribution in [1.82, 2.24) is 0 Å². The predicted octanol–water partition coefficient (Wildman–Crippen LogP) is 1.99. The second kappa shape index (κ2) is 5.67. The molecule has 5 nitrogen and oxygen atoms in total. The monoisotopic (exact) mass is 257 g/mol. The Morgan fingerprint density at radius 2 is 2.00 bits per heavy atom. The van der Waals surface area contributed by atoms with Crippen molar-refractivity contribution in [3.8, 4) is 0 Å². The van der Waals surface area contributed by atoms with Crippen LogP contribution in [0.3, 0.4) is 0 Å². The van der Waals surface area contributed by atoms with E-state index in [1.807, 2.05) is 6.92 Å². The number of nitrogens with two attached hydrogens (primary N) is 1. The Hall–Kier alpha value is -1.56. The number of anilines is 1. The number of esters is 2.